The Kier molecular flexibility index (Phi) is 4.42. The fourth-order valence-corrected chi connectivity index (χ4v) is 1.15. The van der Waals surface area contributed by atoms with Gasteiger partial charge in [-0.3, -0.25) is 4.52 Å². The second-order valence-electron chi connectivity index (χ2n) is 2.63. The minimum atomic E-state index is -4.09. The summed E-state index contributed by atoms with van der Waals surface area (Å²) in [5.74, 6) is 0. The summed E-state index contributed by atoms with van der Waals surface area (Å²) in [5.41, 5.74) is -1.70. The summed E-state index contributed by atoms with van der Waals surface area (Å²) in [5, 5.41) is 0. The third-order valence-electron chi connectivity index (χ3n) is 1.09. The van der Waals surface area contributed by atoms with Crippen LogP contribution >= 0.6 is 18.2 Å². The number of rotatable bonds is 5. The van der Waals surface area contributed by atoms with Gasteiger partial charge in [0.2, 0.25) is 0 Å². The zero-order valence-electron chi connectivity index (χ0n) is 6.67. The first-order valence-corrected chi connectivity index (χ1v) is 5.72. The lowest BCUT2D eigenvalue weighted by atomic mass is 10.1. The molecule has 0 aromatic heterocycles. The van der Waals surface area contributed by atoms with Crippen molar-refractivity contribution in [3.8, 4) is 0 Å². The topological polar surface area (TPSA) is 46.5 Å². The maximum Gasteiger partial charge on any atom is 0.421 e. The van der Waals surface area contributed by atoms with E-state index in [2.05, 4.69) is 11.1 Å². The summed E-state index contributed by atoms with van der Waals surface area (Å²) < 4.78 is 27.7. The molecule has 1 N–H and O–H groups in total. The Morgan fingerprint density at radius 3 is 2.75 bits per heavy atom. The maximum absolute atomic E-state index is 13.1. The molecular formula is C6H11ClFO3P. The quantitative estimate of drug-likeness (QED) is 0.568. The van der Waals surface area contributed by atoms with E-state index < -0.39 is 19.2 Å². The smallest absolute Gasteiger partial charge is 0.313 e. The van der Waals surface area contributed by atoms with Crippen LogP contribution in [-0.4, -0.2) is 17.2 Å². The SMILES string of the molecule is C=CCC(C)(F)COP(=O)(O)Cl. The molecule has 0 aliphatic heterocycles. The summed E-state index contributed by atoms with van der Waals surface area (Å²) in [4.78, 5) is 8.46. The van der Waals surface area contributed by atoms with Crippen LogP contribution in [0.15, 0.2) is 12.7 Å². The van der Waals surface area contributed by atoms with Gasteiger partial charge in [0.1, 0.15) is 5.67 Å². The minimum absolute atomic E-state index is 0.0455. The summed E-state index contributed by atoms with van der Waals surface area (Å²) in [7, 11) is 0. The molecule has 0 saturated heterocycles. The van der Waals surface area contributed by atoms with Gasteiger partial charge in [0, 0.05) is 17.7 Å². The van der Waals surface area contributed by atoms with Crippen LogP contribution in [0.1, 0.15) is 13.3 Å². The van der Waals surface area contributed by atoms with Crippen LogP contribution in [0.5, 0.6) is 0 Å². The molecule has 0 fully saturated rings. The monoisotopic (exact) mass is 216 g/mol. The van der Waals surface area contributed by atoms with Crippen LogP contribution in [0.4, 0.5) is 4.39 Å². The normalized spacial score (nSPS) is 21.0. The first-order chi connectivity index (χ1) is 5.27. The number of hydrogen-bond donors (Lipinski definition) is 1. The van der Waals surface area contributed by atoms with Gasteiger partial charge in [-0.2, -0.15) is 0 Å². The molecule has 0 bridgehead atoms. The van der Waals surface area contributed by atoms with Crippen molar-refractivity contribution in [1.29, 1.82) is 0 Å². The molecule has 0 aliphatic rings. The van der Waals surface area contributed by atoms with Gasteiger partial charge in [-0.15, -0.1) is 6.58 Å². The Hall–Kier alpha value is 0.110. The average Bonchev–Trinajstić information content (AvgIpc) is 1.83. The van der Waals surface area contributed by atoms with Crippen molar-refractivity contribution in [1.82, 2.24) is 0 Å². The second kappa shape index (κ2) is 4.38. The predicted molar refractivity (Wildman–Crippen MR) is 46.0 cm³/mol. The molecule has 0 radical (unpaired) electrons. The fourth-order valence-electron chi connectivity index (χ4n) is 0.574. The van der Waals surface area contributed by atoms with E-state index in [9.17, 15) is 8.96 Å². The molecule has 0 spiro atoms. The van der Waals surface area contributed by atoms with Crippen molar-refractivity contribution >= 4 is 18.2 Å². The molecule has 0 aliphatic carbocycles. The molecule has 2 atom stereocenters. The zero-order valence-corrected chi connectivity index (χ0v) is 8.32. The highest BCUT2D eigenvalue weighted by molar-refractivity contribution is 7.80. The van der Waals surface area contributed by atoms with E-state index >= 15 is 0 Å². The highest BCUT2D eigenvalue weighted by Gasteiger charge is 2.26. The lowest BCUT2D eigenvalue weighted by Crippen LogP contribution is -2.23. The van der Waals surface area contributed by atoms with Crippen molar-refractivity contribution in [3.05, 3.63) is 12.7 Å². The van der Waals surface area contributed by atoms with Crippen LogP contribution in [0, 0.1) is 0 Å². The third kappa shape index (κ3) is 6.80. The molecule has 3 nitrogen and oxygen atoms in total. The van der Waals surface area contributed by atoms with Gasteiger partial charge < -0.3 is 4.89 Å². The summed E-state index contributed by atoms with van der Waals surface area (Å²) in [6, 6.07) is 0. The van der Waals surface area contributed by atoms with Crippen LogP contribution < -0.4 is 0 Å². The van der Waals surface area contributed by atoms with E-state index in [1.807, 2.05) is 0 Å². The molecule has 0 aromatic carbocycles. The van der Waals surface area contributed by atoms with Gasteiger partial charge in [-0.25, -0.2) is 8.96 Å². The predicted octanol–water partition coefficient (Wildman–Crippen LogP) is 2.65. The lowest BCUT2D eigenvalue weighted by Gasteiger charge is -2.18. The van der Waals surface area contributed by atoms with Crippen molar-refractivity contribution in [2.75, 3.05) is 6.61 Å². The maximum atomic E-state index is 13.1. The van der Waals surface area contributed by atoms with Gasteiger partial charge >= 0.3 is 6.95 Å². The molecule has 0 rings (SSSR count). The third-order valence-corrected chi connectivity index (χ3v) is 1.84. The summed E-state index contributed by atoms with van der Waals surface area (Å²) in [6.45, 7) is -0.0379. The number of hydrogen-bond acceptors (Lipinski definition) is 2. The number of alkyl halides is 1. The molecular weight excluding hydrogens is 205 g/mol. The van der Waals surface area contributed by atoms with E-state index in [-0.39, 0.29) is 6.42 Å². The highest BCUT2D eigenvalue weighted by atomic mass is 35.7. The number of halogens is 2. The molecule has 0 heterocycles. The molecule has 0 saturated carbocycles. The van der Waals surface area contributed by atoms with Crippen molar-refractivity contribution in [3.63, 3.8) is 0 Å². The standard InChI is InChI=1S/C6H11ClFO3P/c1-3-4-6(2,8)5-11-12(7,9)10/h3H,1,4-5H2,2H3,(H,9,10). The zero-order chi connectivity index (χ0) is 9.83. The Labute approximate surface area is 75.5 Å². The van der Waals surface area contributed by atoms with Crippen LogP contribution in [0.2, 0.25) is 0 Å². The molecule has 12 heavy (non-hydrogen) atoms. The Bertz CT molecular complexity index is 201. The van der Waals surface area contributed by atoms with Gasteiger partial charge in [0.25, 0.3) is 0 Å². The average molecular weight is 217 g/mol. The van der Waals surface area contributed by atoms with Gasteiger partial charge in [0.05, 0.1) is 6.61 Å². The lowest BCUT2D eigenvalue weighted by molar-refractivity contribution is 0.1000. The van der Waals surface area contributed by atoms with E-state index in [0.29, 0.717) is 0 Å². The summed E-state index contributed by atoms with van der Waals surface area (Å²) >= 11 is 4.84. The molecule has 0 aromatic rings. The van der Waals surface area contributed by atoms with Gasteiger partial charge in [0.15, 0.2) is 0 Å². The van der Waals surface area contributed by atoms with Gasteiger partial charge in [-0.1, -0.05) is 6.08 Å². The van der Waals surface area contributed by atoms with Gasteiger partial charge in [-0.05, 0) is 6.92 Å². The Morgan fingerprint density at radius 2 is 2.42 bits per heavy atom. The van der Waals surface area contributed by atoms with Crippen LogP contribution in [0.3, 0.4) is 0 Å². The van der Waals surface area contributed by atoms with Crippen molar-refractivity contribution in [2.45, 2.75) is 19.0 Å². The Morgan fingerprint density at radius 1 is 1.92 bits per heavy atom. The Balaban J connectivity index is 3.91. The molecule has 2 unspecified atom stereocenters. The van der Waals surface area contributed by atoms with E-state index in [1.54, 1.807) is 0 Å². The number of allylic oxidation sites excluding steroid dienone is 1. The minimum Gasteiger partial charge on any atom is -0.313 e. The highest BCUT2D eigenvalue weighted by Crippen LogP contribution is 2.48. The fraction of sp³-hybridized carbons (Fsp3) is 0.667. The van der Waals surface area contributed by atoms with Crippen molar-refractivity contribution in [2.24, 2.45) is 0 Å². The van der Waals surface area contributed by atoms with E-state index in [0.717, 1.165) is 0 Å². The second-order valence-corrected chi connectivity index (χ2v) is 5.07. The molecule has 6 heteroatoms. The first-order valence-electron chi connectivity index (χ1n) is 3.24. The largest absolute Gasteiger partial charge is 0.421 e. The van der Waals surface area contributed by atoms with E-state index in [1.165, 1.54) is 13.0 Å². The molecule has 72 valence electrons. The summed E-state index contributed by atoms with van der Waals surface area (Å²) in [6.07, 6.45) is 1.41. The molecule has 0 amide bonds. The van der Waals surface area contributed by atoms with Crippen LogP contribution in [-0.2, 0) is 9.09 Å². The first kappa shape index (κ1) is 12.1. The van der Waals surface area contributed by atoms with E-state index in [4.69, 9.17) is 16.1 Å². The van der Waals surface area contributed by atoms with Crippen LogP contribution in [0.25, 0.3) is 0 Å². The van der Waals surface area contributed by atoms with Crippen molar-refractivity contribution < 1.29 is 18.4 Å².